The molecule has 6 rings (SSSR count). The number of rotatable bonds is 4. The Morgan fingerprint density at radius 2 is 1.76 bits per heavy atom. The number of aromatic nitrogens is 2. The highest BCUT2D eigenvalue weighted by atomic mass is 79.9. The van der Waals surface area contributed by atoms with Crippen LogP contribution in [0, 0.1) is 0 Å². The van der Waals surface area contributed by atoms with Crippen LogP contribution in [-0.2, 0) is 0 Å². The molecule has 1 N–H and O–H groups in total. The summed E-state index contributed by atoms with van der Waals surface area (Å²) < 4.78 is 14.4. The second kappa shape index (κ2) is 8.20. The van der Waals surface area contributed by atoms with Gasteiger partial charge >= 0.3 is 0 Å². The zero-order chi connectivity index (χ0) is 22.4. The van der Waals surface area contributed by atoms with Gasteiger partial charge in [-0.15, -0.1) is 0 Å². The summed E-state index contributed by atoms with van der Waals surface area (Å²) in [6, 6.07) is 24.1. The van der Waals surface area contributed by atoms with Crippen LogP contribution in [0.4, 0.5) is 5.69 Å². The maximum Gasteiger partial charge on any atom is 0.231 e. The molecule has 1 saturated heterocycles. The van der Waals surface area contributed by atoms with E-state index in [1.807, 2.05) is 54.7 Å². The molecule has 8 heteroatoms. The third-order valence-corrected chi connectivity index (χ3v) is 6.76. The Bertz CT molecular complexity index is 1330. The molecule has 4 heterocycles. The second-order valence-corrected chi connectivity index (χ2v) is 9.12. The molecule has 0 saturated carbocycles. The van der Waals surface area contributed by atoms with Crippen LogP contribution in [0.2, 0.25) is 0 Å². The number of nitrogens with zero attached hydrogens (tertiary/aromatic N) is 3. The number of hydrogen-bond donors (Lipinski definition) is 1. The summed E-state index contributed by atoms with van der Waals surface area (Å²) in [7, 11) is 0. The summed E-state index contributed by atoms with van der Waals surface area (Å²) in [5.41, 5.74) is 4.03. The molecular formula is C25H19BrN4O2S. The lowest BCUT2D eigenvalue weighted by molar-refractivity contribution is 0.174. The number of halogens is 1. The van der Waals surface area contributed by atoms with Crippen LogP contribution in [0.3, 0.4) is 0 Å². The number of anilines is 1. The first-order valence-corrected chi connectivity index (χ1v) is 11.7. The molecule has 0 unspecified atom stereocenters. The van der Waals surface area contributed by atoms with Crippen LogP contribution in [0.1, 0.15) is 23.5 Å². The van der Waals surface area contributed by atoms with E-state index in [-0.39, 0.29) is 18.9 Å². The molecule has 0 bridgehead atoms. The molecule has 2 aromatic carbocycles. The third-order valence-electron chi connectivity index (χ3n) is 5.92. The number of nitrogens with one attached hydrogen (secondary N) is 1. The van der Waals surface area contributed by atoms with Crippen molar-refractivity contribution in [2.75, 3.05) is 11.7 Å². The molecule has 33 heavy (non-hydrogen) atoms. The maximum atomic E-state index is 5.86. The van der Waals surface area contributed by atoms with E-state index in [9.17, 15) is 0 Å². The smallest absolute Gasteiger partial charge is 0.231 e. The van der Waals surface area contributed by atoms with Crippen LogP contribution in [0.5, 0.6) is 11.5 Å². The number of fused-ring (bicyclic) bond motifs is 1. The van der Waals surface area contributed by atoms with Crippen molar-refractivity contribution in [1.82, 2.24) is 14.9 Å². The maximum absolute atomic E-state index is 5.86. The molecule has 6 nitrogen and oxygen atoms in total. The molecule has 1 fully saturated rings. The Kier molecular flexibility index (Phi) is 5.04. The van der Waals surface area contributed by atoms with Crippen molar-refractivity contribution in [3.8, 4) is 17.2 Å². The summed E-state index contributed by atoms with van der Waals surface area (Å²) in [6.45, 7) is 0.230. The fourth-order valence-corrected chi connectivity index (χ4v) is 5.05. The van der Waals surface area contributed by atoms with Crippen molar-refractivity contribution < 1.29 is 9.47 Å². The monoisotopic (exact) mass is 518 g/mol. The highest BCUT2D eigenvalue weighted by molar-refractivity contribution is 9.10. The highest BCUT2D eigenvalue weighted by Gasteiger charge is 2.42. The Morgan fingerprint density at radius 3 is 2.58 bits per heavy atom. The zero-order valence-corrected chi connectivity index (χ0v) is 19.8. The molecule has 4 aromatic rings. The molecule has 2 atom stereocenters. The summed E-state index contributed by atoms with van der Waals surface area (Å²) >= 11 is 9.39. The Morgan fingerprint density at radius 1 is 0.939 bits per heavy atom. The third kappa shape index (κ3) is 3.55. The van der Waals surface area contributed by atoms with Gasteiger partial charge < -0.3 is 24.3 Å². The Labute approximate surface area is 204 Å². The van der Waals surface area contributed by atoms with Gasteiger partial charge in [0.05, 0.1) is 11.7 Å². The topological polar surface area (TPSA) is 51.6 Å². The van der Waals surface area contributed by atoms with Crippen LogP contribution in [0.25, 0.3) is 5.69 Å². The van der Waals surface area contributed by atoms with E-state index < -0.39 is 0 Å². The summed E-state index contributed by atoms with van der Waals surface area (Å²) in [5.74, 6) is 1.46. The standard InChI is InChI=1S/C25H19BrN4O2S/c26-16-6-8-17(9-7-16)29-13-3-5-20(29)24-23(19-4-1-2-12-27-19)28-25(33)30(24)18-10-11-21-22(14-18)32-15-31-21/h1-14,23-24H,15H2,(H,28,33)/t23-,24+/m1/s1. The lowest BCUT2D eigenvalue weighted by Crippen LogP contribution is -2.30. The van der Waals surface area contributed by atoms with Crippen molar-refractivity contribution in [1.29, 1.82) is 0 Å². The minimum Gasteiger partial charge on any atom is -0.454 e. The van der Waals surface area contributed by atoms with Gasteiger partial charge in [0.2, 0.25) is 6.79 Å². The fourth-order valence-electron chi connectivity index (χ4n) is 4.44. The van der Waals surface area contributed by atoms with E-state index in [1.165, 1.54) is 0 Å². The van der Waals surface area contributed by atoms with Crippen molar-refractivity contribution >= 4 is 38.9 Å². The lowest BCUT2D eigenvalue weighted by Gasteiger charge is -2.29. The molecule has 2 aliphatic heterocycles. The second-order valence-electron chi connectivity index (χ2n) is 7.81. The molecule has 0 amide bonds. The van der Waals surface area contributed by atoms with Gasteiger partial charge in [-0.25, -0.2) is 0 Å². The largest absolute Gasteiger partial charge is 0.454 e. The van der Waals surface area contributed by atoms with Crippen LogP contribution in [0.15, 0.2) is 89.7 Å². The van der Waals surface area contributed by atoms with Gasteiger partial charge in [0, 0.05) is 40.0 Å². The first-order chi connectivity index (χ1) is 16.2. The number of ether oxygens (including phenoxy) is 2. The summed E-state index contributed by atoms with van der Waals surface area (Å²) in [4.78, 5) is 6.79. The molecule has 0 spiro atoms. The van der Waals surface area contributed by atoms with Crippen molar-refractivity contribution in [2.24, 2.45) is 0 Å². The number of pyridine rings is 1. The number of thiocarbonyl (C=S) groups is 1. The highest BCUT2D eigenvalue weighted by Crippen LogP contribution is 2.44. The number of hydrogen-bond acceptors (Lipinski definition) is 4. The average molecular weight is 519 g/mol. The predicted octanol–water partition coefficient (Wildman–Crippen LogP) is 5.54. The van der Waals surface area contributed by atoms with E-state index in [2.05, 4.69) is 66.2 Å². The van der Waals surface area contributed by atoms with Gasteiger partial charge in [0.25, 0.3) is 0 Å². The molecule has 164 valence electrons. The van der Waals surface area contributed by atoms with Gasteiger partial charge in [-0.2, -0.15) is 0 Å². The molecule has 2 aliphatic rings. The van der Waals surface area contributed by atoms with E-state index in [4.69, 9.17) is 21.7 Å². The Hall–Kier alpha value is -3.36. The van der Waals surface area contributed by atoms with E-state index in [0.717, 1.165) is 38.7 Å². The SMILES string of the molecule is S=C1N[C@H](c2ccccn2)[C@H](c2cccn2-c2ccc(Br)cc2)N1c1ccc2c(c1)OCO2. The lowest BCUT2D eigenvalue weighted by atomic mass is 10.0. The Balaban J connectivity index is 1.50. The van der Waals surface area contributed by atoms with Crippen LogP contribution >= 0.6 is 28.1 Å². The van der Waals surface area contributed by atoms with E-state index in [1.54, 1.807) is 0 Å². The van der Waals surface area contributed by atoms with Crippen molar-refractivity contribution in [3.05, 3.63) is 101 Å². The van der Waals surface area contributed by atoms with E-state index >= 15 is 0 Å². The van der Waals surface area contributed by atoms with Crippen molar-refractivity contribution in [2.45, 2.75) is 12.1 Å². The first kappa shape index (κ1) is 20.3. The van der Waals surface area contributed by atoms with Crippen LogP contribution in [-0.4, -0.2) is 21.5 Å². The zero-order valence-electron chi connectivity index (χ0n) is 17.4. The van der Waals surface area contributed by atoms with Gasteiger partial charge in [-0.05, 0) is 72.9 Å². The van der Waals surface area contributed by atoms with E-state index in [0.29, 0.717) is 5.11 Å². The number of benzene rings is 2. The fraction of sp³-hybridized carbons (Fsp3) is 0.120. The summed E-state index contributed by atoms with van der Waals surface area (Å²) in [5, 5.41) is 4.15. The van der Waals surface area contributed by atoms with Gasteiger partial charge in [-0.1, -0.05) is 22.0 Å². The quantitative estimate of drug-likeness (QED) is 0.358. The van der Waals surface area contributed by atoms with Gasteiger partial charge in [-0.3, -0.25) is 4.98 Å². The summed E-state index contributed by atoms with van der Waals surface area (Å²) in [6.07, 6.45) is 3.89. The molecule has 0 radical (unpaired) electrons. The molecule has 2 aromatic heterocycles. The average Bonchev–Trinajstić information content (AvgIpc) is 3.57. The predicted molar refractivity (Wildman–Crippen MR) is 134 cm³/mol. The minimum atomic E-state index is -0.133. The van der Waals surface area contributed by atoms with Crippen molar-refractivity contribution in [3.63, 3.8) is 0 Å². The first-order valence-electron chi connectivity index (χ1n) is 10.5. The molecular weight excluding hydrogens is 500 g/mol. The minimum absolute atomic E-state index is 0.131. The molecule has 0 aliphatic carbocycles. The van der Waals surface area contributed by atoms with Crippen LogP contribution < -0.4 is 19.7 Å². The van der Waals surface area contributed by atoms with Gasteiger partial charge in [0.1, 0.15) is 6.04 Å². The van der Waals surface area contributed by atoms with Gasteiger partial charge in [0.15, 0.2) is 16.6 Å². The normalized spacial score (nSPS) is 19.1.